The summed E-state index contributed by atoms with van der Waals surface area (Å²) in [5, 5.41) is 0. The van der Waals surface area contributed by atoms with Gasteiger partial charge in [-0.25, -0.2) is 0 Å². The Morgan fingerprint density at radius 2 is 1.29 bits per heavy atom. The average Bonchev–Trinajstić information content (AvgIpc) is 2.43. The third-order valence-corrected chi connectivity index (χ3v) is 4.09. The van der Waals surface area contributed by atoms with Gasteiger partial charge in [0, 0.05) is 16.7 Å². The summed E-state index contributed by atoms with van der Waals surface area (Å²) in [6, 6.07) is 9.99. The van der Waals surface area contributed by atoms with E-state index in [1.165, 1.54) is 24.3 Å². The molecule has 0 radical (unpaired) electrons. The van der Waals surface area contributed by atoms with E-state index >= 15 is 0 Å². The molecule has 102 valence electrons. The molecule has 0 bridgehead atoms. The number of hydrogen-bond acceptors (Lipinski definition) is 4. The molecule has 0 amide bonds. The van der Waals surface area contributed by atoms with Gasteiger partial charge in [-0.05, 0) is 6.07 Å². The van der Waals surface area contributed by atoms with Gasteiger partial charge in [0.15, 0.2) is 11.6 Å². The second kappa shape index (κ2) is 5.84. The molecule has 0 spiro atoms. The van der Waals surface area contributed by atoms with Gasteiger partial charge in [-0.1, -0.05) is 36.4 Å². The number of benzene rings is 2. The SMILES string of the molecule is O=C1c2ccccc2C(=O)c2c1cccc2S(=O)(=O)O.[KH]. The van der Waals surface area contributed by atoms with Gasteiger partial charge in [0.25, 0.3) is 10.1 Å². The van der Waals surface area contributed by atoms with Crippen molar-refractivity contribution < 1.29 is 22.6 Å². The fourth-order valence-electron chi connectivity index (χ4n) is 2.33. The molecule has 7 heteroatoms. The standard InChI is InChI=1S/C14H8O5S.K.H/c15-13-8-4-1-2-5-9(8)14(16)12-10(13)6-3-7-11(12)20(17,18)19;;/h1-7H,(H,17,18,19);;. The molecule has 0 heterocycles. The molecule has 1 N–H and O–H groups in total. The van der Waals surface area contributed by atoms with Gasteiger partial charge in [-0.3, -0.25) is 14.1 Å². The molecule has 21 heavy (non-hydrogen) atoms. The minimum atomic E-state index is -4.58. The van der Waals surface area contributed by atoms with Gasteiger partial charge in [0.05, 0.1) is 5.56 Å². The second-order valence-corrected chi connectivity index (χ2v) is 5.75. The van der Waals surface area contributed by atoms with Gasteiger partial charge in [-0.15, -0.1) is 0 Å². The normalized spacial score (nSPS) is 13.2. The van der Waals surface area contributed by atoms with Crippen LogP contribution >= 0.6 is 0 Å². The van der Waals surface area contributed by atoms with Crippen LogP contribution in [0.15, 0.2) is 47.4 Å². The van der Waals surface area contributed by atoms with E-state index in [-0.39, 0.29) is 73.6 Å². The molecule has 0 unspecified atom stereocenters. The molecule has 0 aromatic heterocycles. The molecule has 0 aliphatic heterocycles. The first-order chi connectivity index (χ1) is 9.41. The first kappa shape index (κ1) is 16.7. The summed E-state index contributed by atoms with van der Waals surface area (Å²) in [5.41, 5.74) is 0.0983. The Kier molecular flexibility index (Phi) is 4.65. The zero-order valence-electron chi connectivity index (χ0n) is 10.0. The van der Waals surface area contributed by atoms with E-state index in [9.17, 15) is 22.6 Å². The molecular formula is C14H9KO5S. The van der Waals surface area contributed by atoms with E-state index in [0.29, 0.717) is 0 Å². The number of fused-ring (bicyclic) bond motifs is 2. The monoisotopic (exact) mass is 328 g/mol. The van der Waals surface area contributed by atoms with E-state index in [2.05, 4.69) is 0 Å². The number of carbonyl (C=O) groups excluding carboxylic acids is 2. The van der Waals surface area contributed by atoms with E-state index < -0.39 is 26.6 Å². The van der Waals surface area contributed by atoms with Crippen LogP contribution in [0.25, 0.3) is 0 Å². The molecule has 2 aromatic carbocycles. The van der Waals surface area contributed by atoms with Gasteiger partial charge < -0.3 is 0 Å². The van der Waals surface area contributed by atoms with E-state index in [0.717, 1.165) is 6.07 Å². The fourth-order valence-corrected chi connectivity index (χ4v) is 3.04. The van der Waals surface area contributed by atoms with Gasteiger partial charge in [-0.2, -0.15) is 8.42 Å². The van der Waals surface area contributed by atoms with Crippen molar-refractivity contribution in [2.75, 3.05) is 0 Å². The van der Waals surface area contributed by atoms with Crippen LogP contribution in [0.5, 0.6) is 0 Å². The molecule has 0 saturated heterocycles. The maximum atomic E-state index is 12.4. The van der Waals surface area contributed by atoms with Crippen LogP contribution in [0, 0.1) is 0 Å². The van der Waals surface area contributed by atoms with Crippen molar-refractivity contribution in [3.8, 4) is 0 Å². The van der Waals surface area contributed by atoms with Crippen LogP contribution in [-0.2, 0) is 10.1 Å². The molecule has 1 aliphatic carbocycles. The first-order valence-corrected chi connectivity index (χ1v) is 7.14. The van der Waals surface area contributed by atoms with E-state index in [1.807, 2.05) is 0 Å². The molecule has 0 fully saturated rings. The third kappa shape index (κ3) is 2.70. The number of ketones is 2. The molecular weight excluding hydrogens is 319 g/mol. The molecule has 5 nitrogen and oxygen atoms in total. The second-order valence-electron chi connectivity index (χ2n) is 4.36. The summed E-state index contributed by atoms with van der Waals surface area (Å²) >= 11 is 0. The van der Waals surface area contributed by atoms with Gasteiger partial charge >= 0.3 is 51.4 Å². The molecule has 3 rings (SSSR count). The Balaban J connectivity index is 0.00000161. The van der Waals surface area contributed by atoms with Gasteiger partial charge in [0.1, 0.15) is 4.90 Å². The summed E-state index contributed by atoms with van der Waals surface area (Å²) in [6.07, 6.45) is 0. The molecule has 0 saturated carbocycles. The van der Waals surface area contributed by atoms with Crippen molar-refractivity contribution >= 4 is 73.1 Å². The van der Waals surface area contributed by atoms with Crippen LogP contribution in [0.1, 0.15) is 31.8 Å². The quantitative estimate of drug-likeness (QED) is 0.533. The molecule has 0 atom stereocenters. The fraction of sp³-hybridized carbons (Fsp3) is 0. The topological polar surface area (TPSA) is 88.5 Å². The Hall–Kier alpha value is -0.674. The average molecular weight is 328 g/mol. The summed E-state index contributed by atoms with van der Waals surface area (Å²) in [7, 11) is -4.58. The van der Waals surface area contributed by atoms with Crippen molar-refractivity contribution in [1.29, 1.82) is 0 Å². The van der Waals surface area contributed by atoms with Crippen molar-refractivity contribution in [3.05, 3.63) is 64.7 Å². The predicted octanol–water partition coefficient (Wildman–Crippen LogP) is 1.06. The van der Waals surface area contributed by atoms with Crippen molar-refractivity contribution in [2.45, 2.75) is 4.90 Å². The van der Waals surface area contributed by atoms with E-state index in [1.54, 1.807) is 12.1 Å². The van der Waals surface area contributed by atoms with Crippen molar-refractivity contribution in [1.82, 2.24) is 0 Å². The summed E-state index contributed by atoms with van der Waals surface area (Å²) in [5.74, 6) is -1.01. The number of hydrogen-bond donors (Lipinski definition) is 1. The third-order valence-electron chi connectivity index (χ3n) is 3.19. The Morgan fingerprint density at radius 3 is 1.86 bits per heavy atom. The minimum absolute atomic E-state index is 0. The number of rotatable bonds is 1. The van der Waals surface area contributed by atoms with Crippen LogP contribution in [0.4, 0.5) is 0 Å². The van der Waals surface area contributed by atoms with Crippen LogP contribution < -0.4 is 0 Å². The predicted molar refractivity (Wildman–Crippen MR) is 76.7 cm³/mol. The Morgan fingerprint density at radius 1 is 0.762 bits per heavy atom. The summed E-state index contributed by atoms with van der Waals surface area (Å²) in [4.78, 5) is 24.2. The molecule has 1 aliphatic rings. The van der Waals surface area contributed by atoms with Crippen molar-refractivity contribution in [2.24, 2.45) is 0 Å². The van der Waals surface area contributed by atoms with Crippen LogP contribution in [-0.4, -0.2) is 75.9 Å². The zero-order chi connectivity index (χ0) is 14.5. The molecule has 2 aromatic rings. The van der Waals surface area contributed by atoms with Crippen LogP contribution in [0.3, 0.4) is 0 Å². The van der Waals surface area contributed by atoms with E-state index in [4.69, 9.17) is 0 Å². The summed E-state index contributed by atoms with van der Waals surface area (Å²) < 4.78 is 31.9. The Bertz CT molecular complexity index is 871. The van der Waals surface area contributed by atoms with Crippen molar-refractivity contribution in [3.63, 3.8) is 0 Å². The number of carbonyl (C=O) groups is 2. The maximum absolute atomic E-state index is 12.4. The zero-order valence-corrected chi connectivity index (χ0v) is 10.8. The Labute approximate surface area is 163 Å². The first-order valence-electron chi connectivity index (χ1n) is 5.70. The van der Waals surface area contributed by atoms with Gasteiger partial charge in [0.2, 0.25) is 0 Å². The summed E-state index contributed by atoms with van der Waals surface area (Å²) in [6.45, 7) is 0. The van der Waals surface area contributed by atoms with Crippen LogP contribution in [0.2, 0.25) is 0 Å².